The molecule has 0 atom stereocenters. The van der Waals surface area contributed by atoms with Gasteiger partial charge in [0, 0.05) is 30.8 Å². The van der Waals surface area contributed by atoms with E-state index in [-0.39, 0.29) is 6.61 Å². The van der Waals surface area contributed by atoms with Crippen LogP contribution in [0.5, 0.6) is 11.5 Å². The lowest BCUT2D eigenvalue weighted by Crippen LogP contribution is -1.93. The third-order valence-electron chi connectivity index (χ3n) is 3.41. The van der Waals surface area contributed by atoms with Crippen molar-refractivity contribution in [3.8, 4) is 11.5 Å². The number of aliphatic hydroxyl groups excluding tert-OH is 1. The van der Waals surface area contributed by atoms with Gasteiger partial charge in [0.05, 0.1) is 19.7 Å². The molecule has 4 nitrogen and oxygen atoms in total. The van der Waals surface area contributed by atoms with Gasteiger partial charge in [0.25, 0.3) is 0 Å². The highest BCUT2D eigenvalue weighted by Gasteiger charge is 2.13. The number of hydrogen-bond acceptors (Lipinski definition) is 3. The number of nitrogens with zero attached hydrogens (tertiary/aromatic N) is 1. The fourth-order valence-electron chi connectivity index (χ4n) is 2.42. The Labute approximate surface area is 113 Å². The molecular formula is C15H21NO3. The maximum atomic E-state index is 9.00. The van der Waals surface area contributed by atoms with Gasteiger partial charge in [-0.2, -0.15) is 0 Å². The van der Waals surface area contributed by atoms with E-state index in [1.807, 2.05) is 12.1 Å². The molecule has 2 aromatic rings. The Balaban J connectivity index is 2.58. The van der Waals surface area contributed by atoms with Crippen molar-refractivity contribution in [2.45, 2.75) is 26.3 Å². The summed E-state index contributed by atoms with van der Waals surface area (Å²) in [5, 5.41) is 10.2. The fourth-order valence-corrected chi connectivity index (χ4v) is 2.42. The second kappa shape index (κ2) is 5.97. The molecule has 1 aromatic carbocycles. The summed E-state index contributed by atoms with van der Waals surface area (Å²) in [5.41, 5.74) is 2.39. The molecule has 0 radical (unpaired) electrons. The zero-order valence-corrected chi connectivity index (χ0v) is 11.8. The third-order valence-corrected chi connectivity index (χ3v) is 3.41. The lowest BCUT2D eigenvalue weighted by Gasteiger charge is -2.09. The molecule has 0 unspecified atom stereocenters. The van der Waals surface area contributed by atoms with E-state index < -0.39 is 0 Å². The van der Waals surface area contributed by atoms with Crippen molar-refractivity contribution in [1.82, 2.24) is 4.57 Å². The predicted octanol–water partition coefficient (Wildman–Crippen LogP) is 2.60. The topological polar surface area (TPSA) is 43.6 Å². The van der Waals surface area contributed by atoms with Gasteiger partial charge in [-0.05, 0) is 31.4 Å². The highest BCUT2D eigenvalue weighted by molar-refractivity contribution is 5.87. The normalized spacial score (nSPS) is 10.9. The number of aliphatic hydroxyl groups is 1. The molecule has 19 heavy (non-hydrogen) atoms. The summed E-state index contributed by atoms with van der Waals surface area (Å²) in [4.78, 5) is 0. The van der Waals surface area contributed by atoms with Crippen LogP contribution in [-0.2, 0) is 13.0 Å². The summed E-state index contributed by atoms with van der Waals surface area (Å²) < 4.78 is 12.9. The largest absolute Gasteiger partial charge is 0.493 e. The molecule has 0 bridgehead atoms. The van der Waals surface area contributed by atoms with Crippen molar-refractivity contribution in [1.29, 1.82) is 0 Å². The summed E-state index contributed by atoms with van der Waals surface area (Å²) in [6.07, 6.45) is 3.80. The van der Waals surface area contributed by atoms with E-state index in [1.54, 1.807) is 14.2 Å². The van der Waals surface area contributed by atoms with Crippen LogP contribution in [0.25, 0.3) is 10.9 Å². The third kappa shape index (κ3) is 2.54. The first-order valence-electron chi connectivity index (χ1n) is 6.59. The van der Waals surface area contributed by atoms with Crippen LogP contribution >= 0.6 is 0 Å². The van der Waals surface area contributed by atoms with Crippen LogP contribution in [0.4, 0.5) is 0 Å². The Kier molecular flexibility index (Phi) is 4.32. The number of aromatic nitrogens is 1. The molecule has 4 heteroatoms. The van der Waals surface area contributed by atoms with E-state index in [1.165, 1.54) is 10.9 Å². The zero-order valence-electron chi connectivity index (χ0n) is 11.8. The molecule has 1 heterocycles. The molecule has 0 aliphatic heterocycles. The van der Waals surface area contributed by atoms with Crippen LogP contribution in [0, 0.1) is 0 Å². The molecule has 0 fully saturated rings. The molecule has 0 aliphatic carbocycles. The summed E-state index contributed by atoms with van der Waals surface area (Å²) >= 11 is 0. The van der Waals surface area contributed by atoms with Crippen LogP contribution in [-0.4, -0.2) is 30.5 Å². The second-order valence-corrected chi connectivity index (χ2v) is 4.49. The van der Waals surface area contributed by atoms with E-state index >= 15 is 0 Å². The molecule has 0 spiro atoms. The molecule has 104 valence electrons. The van der Waals surface area contributed by atoms with Crippen LogP contribution in [0.1, 0.15) is 18.9 Å². The predicted molar refractivity (Wildman–Crippen MR) is 76.1 cm³/mol. The number of ether oxygens (including phenoxy) is 2. The number of rotatable bonds is 6. The Morgan fingerprint density at radius 3 is 2.42 bits per heavy atom. The minimum absolute atomic E-state index is 0.214. The maximum Gasteiger partial charge on any atom is 0.162 e. The van der Waals surface area contributed by atoms with Gasteiger partial charge in [-0.25, -0.2) is 0 Å². The quantitative estimate of drug-likeness (QED) is 0.871. The van der Waals surface area contributed by atoms with Crippen LogP contribution in [0.2, 0.25) is 0 Å². The Morgan fingerprint density at radius 1 is 1.16 bits per heavy atom. The van der Waals surface area contributed by atoms with Crippen LogP contribution in [0.3, 0.4) is 0 Å². The van der Waals surface area contributed by atoms with Gasteiger partial charge in [-0.15, -0.1) is 0 Å². The second-order valence-electron chi connectivity index (χ2n) is 4.49. The molecule has 2 rings (SSSR count). The van der Waals surface area contributed by atoms with Crippen molar-refractivity contribution in [3.05, 3.63) is 23.9 Å². The minimum Gasteiger partial charge on any atom is -0.493 e. The Bertz CT molecular complexity index is 560. The molecule has 1 N–H and O–H groups in total. The molecule has 0 amide bonds. The zero-order chi connectivity index (χ0) is 13.8. The van der Waals surface area contributed by atoms with Crippen molar-refractivity contribution in [2.24, 2.45) is 0 Å². The average molecular weight is 263 g/mol. The summed E-state index contributed by atoms with van der Waals surface area (Å²) in [5.74, 6) is 1.49. The molecule has 0 saturated heterocycles. The van der Waals surface area contributed by atoms with Gasteiger partial charge in [0.15, 0.2) is 11.5 Å². The first-order chi connectivity index (χ1) is 9.24. The number of aryl methyl sites for hydroxylation is 2. The van der Waals surface area contributed by atoms with Crippen molar-refractivity contribution in [2.75, 3.05) is 20.8 Å². The standard InChI is InChI=1S/C15H21NO3/c1-4-16-10-11(6-5-7-17)12-8-14(18-2)15(19-3)9-13(12)16/h8-10,17H,4-7H2,1-3H3. The van der Waals surface area contributed by atoms with E-state index in [2.05, 4.69) is 17.7 Å². The maximum absolute atomic E-state index is 9.00. The highest BCUT2D eigenvalue weighted by Crippen LogP contribution is 2.35. The lowest BCUT2D eigenvalue weighted by molar-refractivity contribution is 0.288. The van der Waals surface area contributed by atoms with Gasteiger partial charge < -0.3 is 19.1 Å². The number of fused-ring (bicyclic) bond motifs is 1. The number of hydrogen-bond donors (Lipinski definition) is 1. The monoisotopic (exact) mass is 263 g/mol. The summed E-state index contributed by atoms with van der Waals surface area (Å²) in [6, 6.07) is 4.03. The average Bonchev–Trinajstić information content (AvgIpc) is 2.80. The van der Waals surface area contributed by atoms with Gasteiger partial charge in [-0.3, -0.25) is 0 Å². The molecule has 1 aromatic heterocycles. The van der Waals surface area contributed by atoms with E-state index in [0.717, 1.165) is 36.4 Å². The van der Waals surface area contributed by atoms with Crippen molar-refractivity contribution < 1.29 is 14.6 Å². The van der Waals surface area contributed by atoms with E-state index in [4.69, 9.17) is 14.6 Å². The first kappa shape index (κ1) is 13.7. The number of benzene rings is 1. The fraction of sp³-hybridized carbons (Fsp3) is 0.467. The van der Waals surface area contributed by atoms with Crippen LogP contribution < -0.4 is 9.47 Å². The van der Waals surface area contributed by atoms with Crippen molar-refractivity contribution in [3.63, 3.8) is 0 Å². The summed E-state index contributed by atoms with van der Waals surface area (Å²) in [7, 11) is 3.30. The molecule has 0 saturated carbocycles. The van der Waals surface area contributed by atoms with Gasteiger partial charge >= 0.3 is 0 Å². The van der Waals surface area contributed by atoms with E-state index in [0.29, 0.717) is 0 Å². The van der Waals surface area contributed by atoms with Gasteiger partial charge in [0.2, 0.25) is 0 Å². The van der Waals surface area contributed by atoms with Gasteiger partial charge in [-0.1, -0.05) is 0 Å². The first-order valence-corrected chi connectivity index (χ1v) is 6.59. The van der Waals surface area contributed by atoms with E-state index in [9.17, 15) is 0 Å². The SMILES string of the molecule is CCn1cc(CCCO)c2cc(OC)c(OC)cc21. The number of methoxy groups -OCH3 is 2. The van der Waals surface area contributed by atoms with Gasteiger partial charge in [0.1, 0.15) is 0 Å². The van der Waals surface area contributed by atoms with Crippen LogP contribution in [0.15, 0.2) is 18.3 Å². The highest BCUT2D eigenvalue weighted by atomic mass is 16.5. The Hall–Kier alpha value is -1.68. The summed E-state index contributed by atoms with van der Waals surface area (Å²) in [6.45, 7) is 3.24. The minimum atomic E-state index is 0.214. The van der Waals surface area contributed by atoms with Crippen molar-refractivity contribution >= 4 is 10.9 Å². The molecular weight excluding hydrogens is 242 g/mol. The molecule has 0 aliphatic rings. The Morgan fingerprint density at radius 2 is 1.84 bits per heavy atom. The smallest absolute Gasteiger partial charge is 0.162 e. The lowest BCUT2D eigenvalue weighted by atomic mass is 10.1.